The van der Waals surface area contributed by atoms with Crippen LogP contribution in [0.25, 0.3) is 11.3 Å². The highest BCUT2D eigenvalue weighted by atomic mass is 35.5. The molecule has 0 saturated carbocycles. The number of hydrogen-bond donors (Lipinski definition) is 2. The number of anilines is 1. The Morgan fingerprint density at radius 1 is 1.10 bits per heavy atom. The van der Waals surface area contributed by atoms with Crippen LogP contribution in [0.15, 0.2) is 46.1 Å². The zero-order chi connectivity index (χ0) is 22.2. The van der Waals surface area contributed by atoms with Gasteiger partial charge in [0.05, 0.1) is 28.4 Å². The molecule has 1 aromatic heterocycles. The normalized spacial score (nSPS) is 13.5. The van der Waals surface area contributed by atoms with E-state index in [0.717, 1.165) is 30.4 Å². The summed E-state index contributed by atoms with van der Waals surface area (Å²) < 4.78 is 34.0. The third-order valence-corrected chi connectivity index (χ3v) is 7.27. The van der Waals surface area contributed by atoms with Crippen molar-refractivity contribution in [3.63, 3.8) is 0 Å². The number of fused-ring (bicyclic) bond motifs is 1. The van der Waals surface area contributed by atoms with E-state index in [1.807, 2.05) is 6.07 Å². The molecule has 9 heteroatoms. The van der Waals surface area contributed by atoms with Gasteiger partial charge in [0.15, 0.2) is 0 Å². The van der Waals surface area contributed by atoms with Gasteiger partial charge < -0.3 is 4.74 Å². The van der Waals surface area contributed by atoms with Crippen molar-refractivity contribution in [2.24, 2.45) is 0 Å². The maximum atomic E-state index is 13.2. The summed E-state index contributed by atoms with van der Waals surface area (Å²) in [6.07, 6.45) is 3.39. The smallest absolute Gasteiger partial charge is 0.267 e. The fourth-order valence-electron chi connectivity index (χ4n) is 3.87. The highest BCUT2D eigenvalue weighted by Gasteiger charge is 2.22. The zero-order valence-corrected chi connectivity index (χ0v) is 18.7. The summed E-state index contributed by atoms with van der Waals surface area (Å²) in [5, 5.41) is 7.11. The van der Waals surface area contributed by atoms with Crippen LogP contribution >= 0.6 is 11.6 Å². The molecular weight excluding hydrogens is 438 g/mol. The van der Waals surface area contributed by atoms with Gasteiger partial charge in [-0.05, 0) is 68.0 Å². The number of halogens is 1. The molecule has 162 valence electrons. The molecule has 7 nitrogen and oxygen atoms in total. The Morgan fingerprint density at radius 3 is 2.55 bits per heavy atom. The Balaban J connectivity index is 1.75. The molecule has 1 heterocycles. The molecule has 2 aromatic carbocycles. The van der Waals surface area contributed by atoms with E-state index >= 15 is 0 Å². The van der Waals surface area contributed by atoms with E-state index in [4.69, 9.17) is 16.3 Å². The average molecular weight is 460 g/mol. The van der Waals surface area contributed by atoms with Crippen molar-refractivity contribution in [1.29, 1.82) is 0 Å². The maximum Gasteiger partial charge on any atom is 0.267 e. The number of hydrogen-bond acceptors (Lipinski definition) is 5. The minimum atomic E-state index is -3.89. The number of aryl methyl sites for hydroxylation is 1. The van der Waals surface area contributed by atoms with Crippen molar-refractivity contribution in [1.82, 2.24) is 10.2 Å². The van der Waals surface area contributed by atoms with Crippen LogP contribution in [0.3, 0.4) is 0 Å². The molecule has 1 aliphatic rings. The van der Waals surface area contributed by atoms with Crippen LogP contribution in [0.4, 0.5) is 5.69 Å². The van der Waals surface area contributed by atoms with Gasteiger partial charge in [-0.1, -0.05) is 23.7 Å². The number of aromatic amines is 1. The van der Waals surface area contributed by atoms with Crippen LogP contribution in [0, 0.1) is 6.92 Å². The molecule has 3 aromatic rings. The lowest BCUT2D eigenvalue weighted by atomic mass is 9.90. The third kappa shape index (κ3) is 4.18. The van der Waals surface area contributed by atoms with Crippen LogP contribution in [0.1, 0.15) is 29.5 Å². The number of benzene rings is 2. The van der Waals surface area contributed by atoms with Gasteiger partial charge in [-0.25, -0.2) is 13.5 Å². The van der Waals surface area contributed by atoms with Gasteiger partial charge in [0.25, 0.3) is 15.6 Å². The Hall–Kier alpha value is -2.84. The molecule has 31 heavy (non-hydrogen) atoms. The summed E-state index contributed by atoms with van der Waals surface area (Å²) in [6, 6.07) is 9.84. The molecule has 0 radical (unpaired) electrons. The van der Waals surface area contributed by atoms with Crippen molar-refractivity contribution in [3.05, 3.63) is 68.5 Å². The van der Waals surface area contributed by atoms with Crippen LogP contribution in [0.5, 0.6) is 5.75 Å². The van der Waals surface area contributed by atoms with Gasteiger partial charge >= 0.3 is 0 Å². The van der Waals surface area contributed by atoms with E-state index in [0.29, 0.717) is 39.7 Å². The quantitative estimate of drug-likeness (QED) is 0.598. The van der Waals surface area contributed by atoms with Gasteiger partial charge in [-0.2, -0.15) is 5.10 Å². The summed E-state index contributed by atoms with van der Waals surface area (Å²) in [5.74, 6) is 0.455. The van der Waals surface area contributed by atoms with Crippen molar-refractivity contribution in [2.75, 3.05) is 11.8 Å². The molecule has 0 fully saturated rings. The zero-order valence-electron chi connectivity index (χ0n) is 17.2. The lowest BCUT2D eigenvalue weighted by molar-refractivity contribution is 0.415. The Kier molecular flexibility index (Phi) is 5.77. The summed E-state index contributed by atoms with van der Waals surface area (Å²) in [7, 11) is -2.40. The van der Waals surface area contributed by atoms with Crippen molar-refractivity contribution in [2.45, 2.75) is 37.5 Å². The molecule has 4 rings (SSSR count). The topological polar surface area (TPSA) is 101 Å². The van der Waals surface area contributed by atoms with Crippen molar-refractivity contribution >= 4 is 27.3 Å². The number of nitrogens with one attached hydrogen (secondary N) is 2. The summed E-state index contributed by atoms with van der Waals surface area (Å²) >= 11 is 6.12. The molecule has 0 amide bonds. The summed E-state index contributed by atoms with van der Waals surface area (Å²) in [6.45, 7) is 1.73. The first-order chi connectivity index (χ1) is 14.8. The number of ether oxygens (including phenoxy) is 1. The standard InChI is InChI=1S/C22H22ClN3O4S/c1-13-7-8-14(21-16-5-3-4-6-17(16)22(27)25-24-21)11-20(13)31(28,29)26-15-9-10-19(30-2)18(23)12-15/h7-12,26H,3-6H2,1-2H3,(H,25,27). The number of nitrogens with zero attached hydrogens (tertiary/aromatic N) is 1. The first-order valence-corrected chi connectivity index (χ1v) is 11.7. The molecule has 0 unspecified atom stereocenters. The Labute approximate surface area is 185 Å². The largest absolute Gasteiger partial charge is 0.495 e. The first kappa shape index (κ1) is 21.4. The summed E-state index contributed by atoms with van der Waals surface area (Å²) in [4.78, 5) is 12.3. The predicted molar refractivity (Wildman–Crippen MR) is 120 cm³/mol. The van der Waals surface area contributed by atoms with Gasteiger partial charge in [-0.15, -0.1) is 0 Å². The molecule has 0 bridgehead atoms. The van der Waals surface area contributed by atoms with Gasteiger partial charge in [0.2, 0.25) is 0 Å². The number of rotatable bonds is 5. The highest BCUT2D eigenvalue weighted by molar-refractivity contribution is 7.92. The molecule has 1 aliphatic carbocycles. The van der Waals surface area contributed by atoms with E-state index in [1.165, 1.54) is 13.2 Å². The van der Waals surface area contributed by atoms with Crippen molar-refractivity contribution in [3.8, 4) is 17.0 Å². The molecule has 0 atom stereocenters. The number of sulfonamides is 1. The van der Waals surface area contributed by atoms with Gasteiger partial charge in [-0.3, -0.25) is 9.52 Å². The minimum absolute atomic E-state index is 0.134. The van der Waals surface area contributed by atoms with Crippen LogP contribution < -0.4 is 15.0 Å². The lowest BCUT2D eigenvalue weighted by Gasteiger charge is -2.18. The third-order valence-electron chi connectivity index (χ3n) is 5.45. The number of methoxy groups -OCH3 is 1. The monoisotopic (exact) mass is 459 g/mol. The second-order valence-electron chi connectivity index (χ2n) is 7.50. The first-order valence-electron chi connectivity index (χ1n) is 9.88. The van der Waals surface area contributed by atoms with Crippen LogP contribution in [0.2, 0.25) is 5.02 Å². The van der Waals surface area contributed by atoms with Gasteiger partial charge in [0, 0.05) is 11.1 Å². The van der Waals surface area contributed by atoms with E-state index in [2.05, 4.69) is 14.9 Å². The predicted octanol–water partition coefficient (Wildman–Crippen LogP) is 4.09. The number of aromatic nitrogens is 2. The molecular formula is C22H22ClN3O4S. The highest BCUT2D eigenvalue weighted by Crippen LogP contribution is 2.32. The van der Waals surface area contributed by atoms with Crippen LogP contribution in [-0.4, -0.2) is 25.7 Å². The SMILES string of the molecule is COc1ccc(NS(=O)(=O)c2cc(-c3n[nH]c(=O)c4c3CCCC4)ccc2C)cc1Cl. The number of H-pyrrole nitrogens is 1. The van der Waals surface area contributed by atoms with E-state index < -0.39 is 10.0 Å². The molecule has 2 N–H and O–H groups in total. The van der Waals surface area contributed by atoms with Gasteiger partial charge in [0.1, 0.15) is 5.75 Å². The Bertz CT molecular complexity index is 1320. The average Bonchev–Trinajstić information content (AvgIpc) is 2.74. The van der Waals surface area contributed by atoms with E-state index in [-0.39, 0.29) is 10.5 Å². The maximum absolute atomic E-state index is 13.2. The van der Waals surface area contributed by atoms with Crippen molar-refractivity contribution < 1.29 is 13.2 Å². The second-order valence-corrected chi connectivity index (χ2v) is 9.56. The van der Waals surface area contributed by atoms with Crippen LogP contribution in [-0.2, 0) is 22.9 Å². The fourth-order valence-corrected chi connectivity index (χ4v) is 5.45. The summed E-state index contributed by atoms with van der Waals surface area (Å²) in [5.41, 5.74) is 3.66. The minimum Gasteiger partial charge on any atom is -0.495 e. The van der Waals surface area contributed by atoms with E-state index in [9.17, 15) is 13.2 Å². The lowest BCUT2D eigenvalue weighted by Crippen LogP contribution is -2.21. The Morgan fingerprint density at radius 2 is 1.84 bits per heavy atom. The fraction of sp³-hybridized carbons (Fsp3) is 0.273. The molecule has 0 spiro atoms. The molecule has 0 saturated heterocycles. The second kappa shape index (κ2) is 8.36. The molecule has 0 aliphatic heterocycles. The van der Waals surface area contributed by atoms with E-state index in [1.54, 1.807) is 31.2 Å².